The van der Waals surface area contributed by atoms with Crippen LogP contribution in [0.25, 0.3) is 0 Å². The van der Waals surface area contributed by atoms with Crippen LogP contribution in [0.5, 0.6) is 0 Å². The average molecular weight is 330 g/mol. The molecule has 0 aromatic heterocycles. The van der Waals surface area contributed by atoms with Gasteiger partial charge in [-0.25, -0.2) is 8.42 Å². The molecule has 1 N–H and O–H groups in total. The summed E-state index contributed by atoms with van der Waals surface area (Å²) in [6.07, 6.45) is 0.197. The summed E-state index contributed by atoms with van der Waals surface area (Å²) in [5, 5.41) is 9.36. The van der Waals surface area contributed by atoms with Gasteiger partial charge in [-0.2, -0.15) is 0 Å². The van der Waals surface area contributed by atoms with Crippen molar-refractivity contribution in [1.29, 1.82) is 0 Å². The van der Waals surface area contributed by atoms with Gasteiger partial charge in [0.25, 0.3) is 0 Å². The van der Waals surface area contributed by atoms with Gasteiger partial charge in [0.2, 0.25) is 9.84 Å². The van der Waals surface area contributed by atoms with Crippen molar-refractivity contribution in [1.82, 2.24) is 0 Å². The quantitative estimate of drug-likeness (QED) is 0.936. The van der Waals surface area contributed by atoms with Crippen LogP contribution < -0.4 is 0 Å². The van der Waals surface area contributed by atoms with E-state index in [1.165, 1.54) is 6.08 Å². The number of hydrogen-bond donors (Lipinski definition) is 1. The zero-order valence-electron chi connectivity index (χ0n) is 12.7. The third-order valence-corrected chi connectivity index (χ3v) is 5.71. The highest BCUT2D eigenvalue weighted by Crippen LogP contribution is 2.39. The highest BCUT2D eigenvalue weighted by atomic mass is 32.2. The van der Waals surface area contributed by atoms with Gasteiger partial charge < -0.3 is 9.84 Å². The molecule has 0 unspecified atom stereocenters. The Kier molecular flexibility index (Phi) is 4.35. The minimum absolute atomic E-state index is 0.187. The Morgan fingerprint density at radius 3 is 2.30 bits per heavy atom. The normalized spacial score (nSPS) is 21.2. The predicted molar refractivity (Wildman–Crippen MR) is 87.6 cm³/mol. The number of aliphatic hydroxyl groups excluding tert-OH is 1. The Hall–Kier alpha value is -1.95. The first-order valence-corrected chi connectivity index (χ1v) is 8.85. The highest BCUT2D eigenvalue weighted by Gasteiger charge is 2.36. The van der Waals surface area contributed by atoms with E-state index in [0.29, 0.717) is 0 Å². The Morgan fingerprint density at radius 2 is 1.70 bits per heavy atom. The zero-order chi connectivity index (χ0) is 16.4. The molecular formula is C18H18O4S. The first kappa shape index (κ1) is 15.9. The third-order valence-electron chi connectivity index (χ3n) is 3.84. The SMILES string of the molecule is Cc1ccc(S(=O)(=O)C2=C[C@H](CO)O[C@H]2c2ccccc2)cc1. The topological polar surface area (TPSA) is 63.6 Å². The smallest absolute Gasteiger partial charge is 0.205 e. The maximum atomic E-state index is 13.0. The fourth-order valence-corrected chi connectivity index (χ4v) is 4.17. The minimum Gasteiger partial charge on any atom is -0.393 e. The molecule has 1 aliphatic rings. The van der Waals surface area contributed by atoms with E-state index in [9.17, 15) is 13.5 Å². The van der Waals surface area contributed by atoms with Crippen LogP contribution in [0.15, 0.2) is 70.5 Å². The van der Waals surface area contributed by atoms with E-state index in [1.54, 1.807) is 24.3 Å². The van der Waals surface area contributed by atoms with Crippen LogP contribution in [-0.2, 0) is 14.6 Å². The largest absolute Gasteiger partial charge is 0.393 e. The molecule has 3 rings (SSSR count). The second kappa shape index (κ2) is 6.28. The summed E-state index contributed by atoms with van der Waals surface area (Å²) in [7, 11) is -3.67. The number of aryl methyl sites for hydroxylation is 1. The highest BCUT2D eigenvalue weighted by molar-refractivity contribution is 7.95. The van der Waals surface area contributed by atoms with Crippen LogP contribution in [0.3, 0.4) is 0 Å². The van der Waals surface area contributed by atoms with E-state index in [0.717, 1.165) is 11.1 Å². The lowest BCUT2D eigenvalue weighted by Gasteiger charge is -2.17. The van der Waals surface area contributed by atoms with E-state index in [-0.39, 0.29) is 16.4 Å². The number of rotatable bonds is 4. The van der Waals surface area contributed by atoms with E-state index in [4.69, 9.17) is 4.74 Å². The van der Waals surface area contributed by atoms with Crippen LogP contribution in [-0.4, -0.2) is 26.2 Å². The van der Waals surface area contributed by atoms with Crippen LogP contribution in [0.4, 0.5) is 0 Å². The molecule has 23 heavy (non-hydrogen) atoms. The molecule has 0 saturated heterocycles. The number of sulfone groups is 1. The van der Waals surface area contributed by atoms with Gasteiger partial charge in [0.1, 0.15) is 12.2 Å². The van der Waals surface area contributed by atoms with Crippen molar-refractivity contribution in [3.63, 3.8) is 0 Å². The summed E-state index contributed by atoms with van der Waals surface area (Å²) in [4.78, 5) is 0.420. The summed E-state index contributed by atoms with van der Waals surface area (Å²) < 4.78 is 31.6. The summed E-state index contributed by atoms with van der Waals surface area (Å²) in [5.74, 6) is 0. The van der Waals surface area contributed by atoms with Gasteiger partial charge in [-0.1, -0.05) is 48.0 Å². The van der Waals surface area contributed by atoms with Crippen LogP contribution in [0.1, 0.15) is 17.2 Å². The Balaban J connectivity index is 2.05. The minimum atomic E-state index is -3.67. The Morgan fingerprint density at radius 1 is 1.04 bits per heavy atom. The Labute approximate surface area is 136 Å². The maximum Gasteiger partial charge on any atom is 0.205 e. The first-order chi connectivity index (χ1) is 11.0. The molecule has 0 radical (unpaired) electrons. The van der Waals surface area contributed by atoms with Crippen molar-refractivity contribution >= 4 is 9.84 Å². The summed E-state index contributed by atoms with van der Waals surface area (Å²) in [6.45, 7) is 1.65. The maximum absolute atomic E-state index is 13.0. The monoisotopic (exact) mass is 330 g/mol. The molecule has 0 spiro atoms. The molecule has 0 fully saturated rings. The second-order valence-corrected chi connectivity index (χ2v) is 7.48. The molecule has 2 atom stereocenters. The van der Waals surface area contributed by atoms with Gasteiger partial charge in [-0.05, 0) is 30.7 Å². The third kappa shape index (κ3) is 3.08. The van der Waals surface area contributed by atoms with Gasteiger partial charge in [-0.3, -0.25) is 0 Å². The molecule has 120 valence electrons. The van der Waals surface area contributed by atoms with E-state index in [1.807, 2.05) is 37.3 Å². The molecule has 0 amide bonds. The van der Waals surface area contributed by atoms with Crippen molar-refractivity contribution in [2.24, 2.45) is 0 Å². The van der Waals surface area contributed by atoms with E-state index in [2.05, 4.69) is 0 Å². The zero-order valence-corrected chi connectivity index (χ0v) is 13.5. The fourth-order valence-electron chi connectivity index (χ4n) is 2.60. The molecular weight excluding hydrogens is 312 g/mol. The van der Waals surface area contributed by atoms with Crippen molar-refractivity contribution in [2.45, 2.75) is 24.0 Å². The molecule has 2 aromatic rings. The van der Waals surface area contributed by atoms with Crippen LogP contribution in [0.2, 0.25) is 0 Å². The number of ether oxygens (including phenoxy) is 1. The molecule has 1 heterocycles. The lowest BCUT2D eigenvalue weighted by atomic mass is 10.1. The standard InChI is InChI=1S/C18H18O4S/c1-13-7-9-16(10-8-13)23(20,21)17-11-15(12-19)22-18(17)14-5-3-2-4-6-14/h2-11,15,18-19H,12H2,1H3/t15-,18+/m1/s1. The average Bonchev–Trinajstić information content (AvgIpc) is 3.01. The molecule has 0 saturated carbocycles. The van der Waals surface area contributed by atoms with Crippen molar-refractivity contribution < 1.29 is 18.3 Å². The number of benzene rings is 2. The van der Waals surface area contributed by atoms with Crippen molar-refractivity contribution in [3.05, 3.63) is 76.7 Å². The van der Waals surface area contributed by atoms with Gasteiger partial charge in [0.15, 0.2) is 0 Å². The first-order valence-electron chi connectivity index (χ1n) is 7.37. The summed E-state index contributed by atoms with van der Waals surface area (Å²) >= 11 is 0. The van der Waals surface area contributed by atoms with Gasteiger partial charge >= 0.3 is 0 Å². The summed E-state index contributed by atoms with van der Waals surface area (Å²) in [6, 6.07) is 15.9. The summed E-state index contributed by atoms with van der Waals surface area (Å²) in [5.41, 5.74) is 1.75. The van der Waals surface area contributed by atoms with Crippen molar-refractivity contribution in [3.8, 4) is 0 Å². The lowest BCUT2D eigenvalue weighted by molar-refractivity contribution is 0.0239. The Bertz CT molecular complexity index is 808. The number of aliphatic hydroxyl groups is 1. The molecule has 2 aromatic carbocycles. The van der Waals surface area contributed by atoms with Gasteiger partial charge in [0, 0.05) is 0 Å². The predicted octanol–water partition coefficient (Wildman–Crippen LogP) is 2.79. The fraction of sp³-hybridized carbons (Fsp3) is 0.222. The van der Waals surface area contributed by atoms with E-state index < -0.39 is 22.0 Å². The van der Waals surface area contributed by atoms with Gasteiger partial charge in [0.05, 0.1) is 16.4 Å². The molecule has 0 aliphatic carbocycles. The molecule has 4 nitrogen and oxygen atoms in total. The van der Waals surface area contributed by atoms with E-state index >= 15 is 0 Å². The van der Waals surface area contributed by atoms with Crippen LogP contribution >= 0.6 is 0 Å². The van der Waals surface area contributed by atoms with Crippen LogP contribution in [0, 0.1) is 6.92 Å². The lowest BCUT2D eigenvalue weighted by Crippen LogP contribution is -2.14. The second-order valence-electron chi connectivity index (χ2n) is 5.53. The number of hydrogen-bond acceptors (Lipinski definition) is 4. The molecule has 1 aliphatic heterocycles. The molecule has 0 bridgehead atoms. The van der Waals surface area contributed by atoms with Gasteiger partial charge in [-0.15, -0.1) is 0 Å². The van der Waals surface area contributed by atoms with Crippen molar-refractivity contribution in [2.75, 3.05) is 6.61 Å². The molecule has 5 heteroatoms.